The maximum atomic E-state index is 12.2. The van der Waals surface area contributed by atoms with Crippen molar-refractivity contribution in [3.63, 3.8) is 0 Å². The zero-order chi connectivity index (χ0) is 21.1. The van der Waals surface area contributed by atoms with Crippen LogP contribution in [-0.4, -0.2) is 31.8 Å². The Morgan fingerprint density at radius 2 is 1.66 bits per heavy atom. The molecule has 156 valence electrons. The average Bonchev–Trinajstić information content (AvgIpc) is 2.70. The molecule has 0 saturated heterocycles. The molecular formula is C23H30N2O4. The molecule has 2 N–H and O–H groups in total. The van der Waals surface area contributed by atoms with Gasteiger partial charge in [-0.15, -0.1) is 0 Å². The van der Waals surface area contributed by atoms with E-state index in [-0.39, 0.29) is 6.03 Å². The lowest BCUT2D eigenvalue weighted by Gasteiger charge is -2.13. The van der Waals surface area contributed by atoms with Crippen LogP contribution in [0.5, 0.6) is 5.75 Å². The van der Waals surface area contributed by atoms with Crippen LogP contribution in [0.1, 0.15) is 47.7 Å². The van der Waals surface area contributed by atoms with Crippen molar-refractivity contribution in [3.8, 4) is 5.75 Å². The summed E-state index contributed by atoms with van der Waals surface area (Å²) < 4.78 is 11.1. The second-order valence-corrected chi connectivity index (χ2v) is 6.84. The first-order valence-corrected chi connectivity index (χ1v) is 10.0. The standard InChI is InChI=1S/C23H30N2O4/c1-4-5-15-29-22(26)19-12-6-7-13-20(19)25-23(27)24-14-9-16-28-21-17(2)10-8-11-18(21)3/h6-8,10-13H,4-5,9,14-16H2,1-3H3,(H2,24,25,27). The van der Waals surface area contributed by atoms with Gasteiger partial charge in [-0.1, -0.05) is 43.7 Å². The van der Waals surface area contributed by atoms with E-state index in [0.717, 1.165) is 29.7 Å². The molecule has 0 aliphatic carbocycles. The molecule has 0 saturated carbocycles. The first-order valence-electron chi connectivity index (χ1n) is 10.0. The predicted octanol–water partition coefficient (Wildman–Crippen LogP) is 4.85. The normalized spacial score (nSPS) is 10.3. The molecule has 0 aromatic heterocycles. The number of esters is 1. The van der Waals surface area contributed by atoms with Crippen LogP contribution in [0.15, 0.2) is 42.5 Å². The van der Waals surface area contributed by atoms with Crippen LogP contribution in [0.4, 0.5) is 10.5 Å². The van der Waals surface area contributed by atoms with E-state index in [9.17, 15) is 9.59 Å². The van der Waals surface area contributed by atoms with Gasteiger partial charge >= 0.3 is 12.0 Å². The summed E-state index contributed by atoms with van der Waals surface area (Å²) in [6.07, 6.45) is 2.43. The fourth-order valence-corrected chi connectivity index (χ4v) is 2.80. The zero-order valence-electron chi connectivity index (χ0n) is 17.4. The Kier molecular flexibility index (Phi) is 9.02. The highest BCUT2D eigenvalue weighted by Gasteiger charge is 2.14. The first-order chi connectivity index (χ1) is 14.0. The molecule has 0 atom stereocenters. The maximum Gasteiger partial charge on any atom is 0.340 e. The molecule has 29 heavy (non-hydrogen) atoms. The van der Waals surface area contributed by atoms with Gasteiger partial charge in [-0.05, 0) is 49.9 Å². The van der Waals surface area contributed by atoms with Gasteiger partial charge in [0.1, 0.15) is 5.75 Å². The summed E-state index contributed by atoms with van der Waals surface area (Å²) in [5, 5.41) is 5.50. The van der Waals surface area contributed by atoms with Crippen LogP contribution in [0.3, 0.4) is 0 Å². The molecule has 2 aromatic carbocycles. The van der Waals surface area contributed by atoms with Gasteiger partial charge in [-0.2, -0.15) is 0 Å². The number of para-hydroxylation sites is 2. The van der Waals surface area contributed by atoms with Crippen LogP contribution in [0.25, 0.3) is 0 Å². The minimum absolute atomic E-state index is 0.345. The highest BCUT2D eigenvalue weighted by Crippen LogP contribution is 2.22. The molecule has 6 heteroatoms. The molecule has 6 nitrogen and oxygen atoms in total. The third kappa shape index (κ3) is 7.14. The van der Waals surface area contributed by atoms with Crippen molar-refractivity contribution in [2.24, 2.45) is 0 Å². The lowest BCUT2D eigenvalue weighted by molar-refractivity contribution is 0.0501. The number of carbonyl (C=O) groups is 2. The fraction of sp³-hybridized carbons (Fsp3) is 0.391. The number of amides is 2. The minimum Gasteiger partial charge on any atom is -0.493 e. The monoisotopic (exact) mass is 398 g/mol. The van der Waals surface area contributed by atoms with Crippen LogP contribution in [0, 0.1) is 13.8 Å². The van der Waals surface area contributed by atoms with Crippen molar-refractivity contribution in [1.82, 2.24) is 5.32 Å². The van der Waals surface area contributed by atoms with E-state index in [1.165, 1.54) is 0 Å². The third-order valence-corrected chi connectivity index (χ3v) is 4.39. The highest BCUT2D eigenvalue weighted by atomic mass is 16.5. The maximum absolute atomic E-state index is 12.2. The van der Waals surface area contributed by atoms with Gasteiger partial charge in [0.15, 0.2) is 0 Å². The summed E-state index contributed by atoms with van der Waals surface area (Å²) in [4.78, 5) is 24.4. The number of carbonyl (C=O) groups excluding carboxylic acids is 2. The lowest BCUT2D eigenvalue weighted by atomic mass is 10.1. The summed E-state index contributed by atoms with van der Waals surface area (Å²) in [5.41, 5.74) is 2.96. The van der Waals surface area contributed by atoms with Crippen LogP contribution in [-0.2, 0) is 4.74 Å². The Labute approximate surface area is 172 Å². The summed E-state index contributed by atoms with van der Waals surface area (Å²) >= 11 is 0. The Hall–Kier alpha value is -3.02. The average molecular weight is 399 g/mol. The predicted molar refractivity (Wildman–Crippen MR) is 115 cm³/mol. The largest absolute Gasteiger partial charge is 0.493 e. The van der Waals surface area contributed by atoms with Crippen LogP contribution in [0.2, 0.25) is 0 Å². The molecule has 2 rings (SSSR count). The molecular weight excluding hydrogens is 368 g/mol. The molecule has 0 unspecified atom stereocenters. The van der Waals surface area contributed by atoms with Crippen LogP contribution >= 0.6 is 0 Å². The molecule has 2 aromatic rings. The van der Waals surface area contributed by atoms with E-state index in [0.29, 0.717) is 37.4 Å². The first kappa shape index (κ1) is 22.3. The highest BCUT2D eigenvalue weighted by molar-refractivity contribution is 6.00. The Balaban J connectivity index is 1.77. The van der Waals surface area contributed by atoms with Gasteiger partial charge in [0, 0.05) is 6.54 Å². The molecule has 0 aliphatic rings. The Bertz CT molecular complexity index is 800. The van der Waals surface area contributed by atoms with Gasteiger partial charge < -0.3 is 20.1 Å². The number of hydrogen-bond donors (Lipinski definition) is 2. The molecule has 0 bridgehead atoms. The number of benzene rings is 2. The molecule has 0 spiro atoms. The number of unbranched alkanes of at least 4 members (excludes halogenated alkanes) is 1. The molecule has 0 heterocycles. The van der Waals surface area contributed by atoms with Crippen molar-refractivity contribution in [1.29, 1.82) is 0 Å². The van der Waals surface area contributed by atoms with Crippen molar-refractivity contribution >= 4 is 17.7 Å². The molecule has 0 radical (unpaired) electrons. The number of anilines is 1. The number of aryl methyl sites for hydroxylation is 2. The summed E-state index contributed by atoms with van der Waals surface area (Å²) in [7, 11) is 0. The van der Waals surface area contributed by atoms with Gasteiger partial charge in [-0.3, -0.25) is 0 Å². The number of nitrogens with one attached hydrogen (secondary N) is 2. The van der Waals surface area contributed by atoms with Gasteiger partial charge in [0.2, 0.25) is 0 Å². The van der Waals surface area contributed by atoms with Gasteiger partial charge in [-0.25, -0.2) is 9.59 Å². The number of urea groups is 1. The van der Waals surface area contributed by atoms with E-state index in [2.05, 4.69) is 10.6 Å². The lowest BCUT2D eigenvalue weighted by Crippen LogP contribution is -2.31. The Morgan fingerprint density at radius 1 is 0.931 bits per heavy atom. The van der Waals surface area contributed by atoms with E-state index < -0.39 is 5.97 Å². The minimum atomic E-state index is -0.434. The summed E-state index contributed by atoms with van der Waals surface area (Å²) in [5.74, 6) is 0.462. The SMILES string of the molecule is CCCCOC(=O)c1ccccc1NC(=O)NCCCOc1c(C)cccc1C. The topological polar surface area (TPSA) is 76.7 Å². The summed E-state index contributed by atoms with van der Waals surface area (Å²) in [6.45, 7) is 7.39. The molecule has 0 aliphatic heterocycles. The third-order valence-electron chi connectivity index (χ3n) is 4.39. The zero-order valence-corrected chi connectivity index (χ0v) is 17.4. The van der Waals surface area contributed by atoms with Crippen LogP contribution < -0.4 is 15.4 Å². The number of rotatable bonds is 10. The summed E-state index contributed by atoms with van der Waals surface area (Å²) in [6, 6.07) is 12.5. The van der Waals surface area contributed by atoms with Crippen molar-refractivity contribution < 1.29 is 19.1 Å². The van der Waals surface area contributed by atoms with E-state index in [1.54, 1.807) is 24.3 Å². The van der Waals surface area contributed by atoms with E-state index in [4.69, 9.17) is 9.47 Å². The Morgan fingerprint density at radius 3 is 2.38 bits per heavy atom. The second kappa shape index (κ2) is 11.7. The molecule has 0 fully saturated rings. The van der Waals surface area contributed by atoms with Gasteiger partial charge in [0.25, 0.3) is 0 Å². The van der Waals surface area contributed by atoms with Gasteiger partial charge in [0.05, 0.1) is 24.5 Å². The van der Waals surface area contributed by atoms with Crippen molar-refractivity contribution in [2.45, 2.75) is 40.0 Å². The smallest absolute Gasteiger partial charge is 0.340 e. The number of hydrogen-bond acceptors (Lipinski definition) is 4. The second-order valence-electron chi connectivity index (χ2n) is 6.84. The van der Waals surface area contributed by atoms with Crippen molar-refractivity contribution in [2.75, 3.05) is 25.1 Å². The van der Waals surface area contributed by atoms with Crippen molar-refractivity contribution in [3.05, 3.63) is 59.2 Å². The quantitative estimate of drug-likeness (QED) is 0.443. The fourth-order valence-electron chi connectivity index (χ4n) is 2.80. The molecule has 2 amide bonds. The van der Waals surface area contributed by atoms with E-state index in [1.807, 2.05) is 39.0 Å². The van der Waals surface area contributed by atoms with E-state index >= 15 is 0 Å². The number of ether oxygens (including phenoxy) is 2.